The second-order valence-electron chi connectivity index (χ2n) is 4.97. The fourth-order valence-electron chi connectivity index (χ4n) is 2.82. The number of fused-ring (bicyclic) bond motifs is 1. The molecule has 1 aliphatic carbocycles. The van der Waals surface area contributed by atoms with E-state index in [4.69, 9.17) is 4.98 Å². The van der Waals surface area contributed by atoms with Crippen LogP contribution in [0.3, 0.4) is 0 Å². The Hall–Kier alpha value is -1.70. The molecule has 2 nitrogen and oxygen atoms in total. The molecule has 2 aromatic rings. The van der Waals surface area contributed by atoms with E-state index in [1.165, 1.54) is 40.8 Å². The highest BCUT2D eigenvalue weighted by Crippen LogP contribution is 2.30. The molecule has 0 unspecified atom stereocenters. The number of hydrogen-bond donors (Lipinski definition) is 0. The van der Waals surface area contributed by atoms with E-state index in [2.05, 4.69) is 31.0 Å². The summed E-state index contributed by atoms with van der Waals surface area (Å²) in [7, 11) is 0. The molecule has 0 N–H and O–H groups in total. The third kappa shape index (κ3) is 1.82. The maximum absolute atomic E-state index is 4.79. The zero-order valence-corrected chi connectivity index (χ0v) is 11.0. The molecular formula is C16H18N2. The van der Waals surface area contributed by atoms with Crippen LogP contribution < -0.4 is 0 Å². The minimum atomic E-state index is 1.01. The standard InChI is InChI=1S/C16H18N2/c1-3-12-10-17-8-7-14(12)15-9-13-5-4-6-16(13)18-11(15)2/h7-10H,3-6H2,1-2H3. The lowest BCUT2D eigenvalue weighted by Gasteiger charge is -2.12. The summed E-state index contributed by atoms with van der Waals surface area (Å²) in [5.74, 6) is 0. The molecule has 0 fully saturated rings. The molecule has 0 amide bonds. The van der Waals surface area contributed by atoms with E-state index < -0.39 is 0 Å². The van der Waals surface area contributed by atoms with Crippen LogP contribution in [0.4, 0.5) is 0 Å². The van der Waals surface area contributed by atoms with Gasteiger partial charge in [0.2, 0.25) is 0 Å². The van der Waals surface area contributed by atoms with Gasteiger partial charge in [0, 0.05) is 29.3 Å². The molecule has 1 aliphatic rings. The lowest BCUT2D eigenvalue weighted by atomic mass is 9.97. The third-order valence-electron chi connectivity index (χ3n) is 3.82. The van der Waals surface area contributed by atoms with Crippen LogP contribution in [0.5, 0.6) is 0 Å². The number of pyridine rings is 2. The van der Waals surface area contributed by atoms with Crippen LogP contribution in [0.15, 0.2) is 24.5 Å². The van der Waals surface area contributed by atoms with Crippen molar-refractivity contribution < 1.29 is 0 Å². The number of hydrogen-bond acceptors (Lipinski definition) is 2. The summed E-state index contributed by atoms with van der Waals surface area (Å²) in [5.41, 5.74) is 7.79. The molecule has 0 aliphatic heterocycles. The third-order valence-corrected chi connectivity index (χ3v) is 3.82. The van der Waals surface area contributed by atoms with Gasteiger partial charge in [-0.05, 0) is 61.4 Å². The van der Waals surface area contributed by atoms with E-state index in [9.17, 15) is 0 Å². The van der Waals surface area contributed by atoms with Gasteiger partial charge in [0.15, 0.2) is 0 Å². The van der Waals surface area contributed by atoms with Crippen molar-refractivity contribution in [2.75, 3.05) is 0 Å². The van der Waals surface area contributed by atoms with E-state index in [-0.39, 0.29) is 0 Å². The molecule has 2 heteroatoms. The molecule has 0 saturated heterocycles. The highest BCUT2D eigenvalue weighted by atomic mass is 14.7. The van der Waals surface area contributed by atoms with Crippen molar-refractivity contribution >= 4 is 0 Å². The summed E-state index contributed by atoms with van der Waals surface area (Å²) < 4.78 is 0. The SMILES string of the molecule is CCc1cnccc1-c1cc2c(nc1C)CCC2. The molecule has 0 atom stereocenters. The first-order chi connectivity index (χ1) is 8.79. The van der Waals surface area contributed by atoms with E-state index in [0.717, 1.165) is 18.5 Å². The molecule has 0 saturated carbocycles. The van der Waals surface area contributed by atoms with Crippen molar-refractivity contribution in [1.82, 2.24) is 9.97 Å². The zero-order chi connectivity index (χ0) is 12.5. The van der Waals surface area contributed by atoms with Gasteiger partial charge in [0.05, 0.1) is 0 Å². The Labute approximate surface area is 108 Å². The normalized spacial score (nSPS) is 13.7. The van der Waals surface area contributed by atoms with Crippen LogP contribution in [0, 0.1) is 6.92 Å². The molecule has 2 aromatic heterocycles. The summed E-state index contributed by atoms with van der Waals surface area (Å²) in [6, 6.07) is 4.46. The Morgan fingerprint density at radius 3 is 2.94 bits per heavy atom. The van der Waals surface area contributed by atoms with Gasteiger partial charge >= 0.3 is 0 Å². The number of nitrogens with zero attached hydrogens (tertiary/aromatic N) is 2. The Kier molecular flexibility index (Phi) is 2.86. The summed E-state index contributed by atoms with van der Waals surface area (Å²) in [5, 5.41) is 0. The lowest BCUT2D eigenvalue weighted by molar-refractivity contribution is 0.897. The van der Waals surface area contributed by atoms with Gasteiger partial charge in [-0.25, -0.2) is 0 Å². The Bertz CT molecular complexity index is 588. The molecule has 18 heavy (non-hydrogen) atoms. The summed E-state index contributed by atoms with van der Waals surface area (Å²) >= 11 is 0. The number of aromatic nitrogens is 2. The van der Waals surface area contributed by atoms with Crippen LogP contribution in [0.2, 0.25) is 0 Å². The first kappa shape index (κ1) is 11.4. The monoisotopic (exact) mass is 238 g/mol. The molecule has 0 bridgehead atoms. The second-order valence-corrected chi connectivity index (χ2v) is 4.97. The minimum absolute atomic E-state index is 1.01. The van der Waals surface area contributed by atoms with E-state index in [1.807, 2.05) is 12.4 Å². The average Bonchev–Trinajstić information content (AvgIpc) is 2.84. The first-order valence-electron chi connectivity index (χ1n) is 6.72. The Morgan fingerprint density at radius 1 is 1.22 bits per heavy atom. The summed E-state index contributed by atoms with van der Waals surface area (Å²) in [6.07, 6.45) is 8.45. The maximum atomic E-state index is 4.79. The molecule has 3 rings (SSSR count). The predicted molar refractivity (Wildman–Crippen MR) is 73.6 cm³/mol. The van der Waals surface area contributed by atoms with Crippen LogP contribution in [-0.2, 0) is 19.3 Å². The highest BCUT2D eigenvalue weighted by Gasteiger charge is 2.16. The molecule has 0 aromatic carbocycles. The van der Waals surface area contributed by atoms with Crippen LogP contribution >= 0.6 is 0 Å². The van der Waals surface area contributed by atoms with E-state index in [1.54, 1.807) is 0 Å². The van der Waals surface area contributed by atoms with Crippen LogP contribution in [0.25, 0.3) is 11.1 Å². The van der Waals surface area contributed by atoms with Crippen molar-refractivity contribution in [2.24, 2.45) is 0 Å². The van der Waals surface area contributed by atoms with Crippen molar-refractivity contribution in [3.8, 4) is 11.1 Å². The van der Waals surface area contributed by atoms with Crippen molar-refractivity contribution in [3.63, 3.8) is 0 Å². The topological polar surface area (TPSA) is 25.8 Å². The van der Waals surface area contributed by atoms with E-state index in [0.29, 0.717) is 0 Å². The zero-order valence-electron chi connectivity index (χ0n) is 11.0. The Balaban J connectivity index is 2.17. The molecule has 0 spiro atoms. The quantitative estimate of drug-likeness (QED) is 0.800. The molecule has 0 radical (unpaired) electrons. The largest absolute Gasteiger partial charge is 0.264 e. The maximum Gasteiger partial charge on any atom is 0.0454 e. The highest BCUT2D eigenvalue weighted by molar-refractivity contribution is 5.70. The van der Waals surface area contributed by atoms with Gasteiger partial charge in [0.25, 0.3) is 0 Å². The van der Waals surface area contributed by atoms with Gasteiger partial charge < -0.3 is 0 Å². The van der Waals surface area contributed by atoms with Crippen molar-refractivity contribution in [2.45, 2.75) is 39.5 Å². The van der Waals surface area contributed by atoms with E-state index >= 15 is 0 Å². The molecule has 92 valence electrons. The fourth-order valence-corrected chi connectivity index (χ4v) is 2.82. The van der Waals surface area contributed by atoms with Gasteiger partial charge in [0.1, 0.15) is 0 Å². The minimum Gasteiger partial charge on any atom is -0.264 e. The summed E-state index contributed by atoms with van der Waals surface area (Å²) in [6.45, 7) is 4.30. The fraction of sp³-hybridized carbons (Fsp3) is 0.375. The van der Waals surface area contributed by atoms with Crippen molar-refractivity contribution in [3.05, 3.63) is 47.0 Å². The van der Waals surface area contributed by atoms with Crippen LogP contribution in [-0.4, -0.2) is 9.97 Å². The van der Waals surface area contributed by atoms with Gasteiger partial charge in [-0.2, -0.15) is 0 Å². The number of aryl methyl sites for hydroxylation is 4. The second kappa shape index (κ2) is 4.52. The van der Waals surface area contributed by atoms with Gasteiger partial charge in [-0.3, -0.25) is 9.97 Å². The van der Waals surface area contributed by atoms with Gasteiger partial charge in [-0.15, -0.1) is 0 Å². The first-order valence-corrected chi connectivity index (χ1v) is 6.72. The van der Waals surface area contributed by atoms with Crippen molar-refractivity contribution in [1.29, 1.82) is 0 Å². The molecular weight excluding hydrogens is 220 g/mol. The lowest BCUT2D eigenvalue weighted by Crippen LogP contribution is -1.97. The predicted octanol–water partition coefficient (Wildman–Crippen LogP) is 3.50. The summed E-state index contributed by atoms with van der Waals surface area (Å²) in [4.78, 5) is 9.01. The average molecular weight is 238 g/mol. The Morgan fingerprint density at radius 2 is 2.11 bits per heavy atom. The van der Waals surface area contributed by atoms with Crippen LogP contribution in [0.1, 0.15) is 35.9 Å². The van der Waals surface area contributed by atoms with Gasteiger partial charge in [-0.1, -0.05) is 6.92 Å². The smallest absolute Gasteiger partial charge is 0.0454 e. The number of rotatable bonds is 2. The molecule has 2 heterocycles.